The van der Waals surface area contributed by atoms with Crippen LogP contribution in [0.3, 0.4) is 0 Å². The minimum Gasteiger partial charge on any atom is -0.453 e. The van der Waals surface area contributed by atoms with E-state index in [1.807, 2.05) is 54.7 Å². The van der Waals surface area contributed by atoms with E-state index in [-0.39, 0.29) is 23.9 Å². The summed E-state index contributed by atoms with van der Waals surface area (Å²) in [6, 6.07) is 13.5. The summed E-state index contributed by atoms with van der Waals surface area (Å²) in [7, 11) is 5.50. The number of ether oxygens (including phenoxy) is 4. The lowest BCUT2D eigenvalue weighted by Gasteiger charge is -2.30. The zero-order chi connectivity index (χ0) is 41.1. The molecule has 2 fully saturated rings. The molecule has 17 heteroatoms. The largest absolute Gasteiger partial charge is 0.453 e. The SMILES string of the molecule is COC(=O)N[C@H](C(=O)N1CCC[C@H]1c1nc2ccc(-c3ccc(-c4ccc5nc([C@@H]6CCCN6C(=O)[C@@H](NC(=O)OC)[C@@H](C)OC)[nH]c5c4)nc3)cc2[nH]1)[C@@H](C)OC. The molecule has 2 aliphatic heterocycles. The molecule has 0 spiro atoms. The molecule has 0 aliphatic carbocycles. The van der Waals surface area contributed by atoms with E-state index in [2.05, 4.69) is 20.6 Å². The van der Waals surface area contributed by atoms with Gasteiger partial charge in [0, 0.05) is 44.6 Å². The average molecular weight is 796 g/mol. The van der Waals surface area contributed by atoms with E-state index >= 15 is 0 Å². The van der Waals surface area contributed by atoms with Gasteiger partial charge < -0.3 is 49.3 Å². The van der Waals surface area contributed by atoms with E-state index in [0.29, 0.717) is 24.7 Å². The number of benzene rings is 2. The summed E-state index contributed by atoms with van der Waals surface area (Å²) >= 11 is 0. The molecule has 58 heavy (non-hydrogen) atoms. The summed E-state index contributed by atoms with van der Waals surface area (Å²) in [6.07, 6.45) is 2.34. The number of alkyl carbamates (subject to hydrolysis) is 2. The van der Waals surface area contributed by atoms with Gasteiger partial charge in [0.05, 0.1) is 66.3 Å². The van der Waals surface area contributed by atoms with Gasteiger partial charge in [-0.3, -0.25) is 14.6 Å². The van der Waals surface area contributed by atoms with Gasteiger partial charge in [-0.2, -0.15) is 0 Å². The van der Waals surface area contributed by atoms with Crippen LogP contribution in [0.4, 0.5) is 9.59 Å². The van der Waals surface area contributed by atoms with Gasteiger partial charge in [-0.05, 0) is 75.4 Å². The number of hydrogen-bond donors (Lipinski definition) is 4. The highest BCUT2D eigenvalue weighted by Gasteiger charge is 2.40. The smallest absolute Gasteiger partial charge is 0.407 e. The minimum atomic E-state index is -0.912. The Balaban J connectivity index is 1.06. The summed E-state index contributed by atoms with van der Waals surface area (Å²) in [5.74, 6) is 0.836. The maximum atomic E-state index is 13.7. The van der Waals surface area contributed by atoms with Gasteiger partial charge in [-0.1, -0.05) is 18.2 Å². The van der Waals surface area contributed by atoms with Crippen molar-refractivity contribution in [1.82, 2.24) is 45.4 Å². The van der Waals surface area contributed by atoms with E-state index in [1.54, 1.807) is 23.6 Å². The van der Waals surface area contributed by atoms with Crippen molar-refractivity contribution in [3.63, 3.8) is 0 Å². The van der Waals surface area contributed by atoms with Crippen LogP contribution in [-0.2, 0) is 28.5 Å². The number of amides is 4. The number of pyridine rings is 1. The molecular weight excluding hydrogens is 747 g/mol. The highest BCUT2D eigenvalue weighted by Crippen LogP contribution is 2.35. The molecule has 5 heterocycles. The maximum Gasteiger partial charge on any atom is 0.407 e. The molecule has 6 atom stereocenters. The van der Waals surface area contributed by atoms with Crippen LogP contribution in [0.25, 0.3) is 44.5 Å². The van der Waals surface area contributed by atoms with Crippen LogP contribution in [0.5, 0.6) is 0 Å². The number of imidazole rings is 2. The predicted octanol–water partition coefficient (Wildman–Crippen LogP) is 5.01. The van der Waals surface area contributed by atoms with Crippen LogP contribution >= 0.6 is 0 Å². The van der Waals surface area contributed by atoms with Crippen molar-refractivity contribution < 1.29 is 38.1 Å². The van der Waals surface area contributed by atoms with Crippen molar-refractivity contribution in [2.24, 2.45) is 0 Å². The molecule has 0 radical (unpaired) electrons. The highest BCUT2D eigenvalue weighted by atomic mass is 16.5. The molecule has 7 rings (SSSR count). The molecular formula is C41H49N9O8. The molecule has 0 saturated carbocycles. The molecule has 17 nitrogen and oxygen atoms in total. The number of methoxy groups -OCH3 is 4. The van der Waals surface area contributed by atoms with Gasteiger partial charge >= 0.3 is 12.2 Å². The monoisotopic (exact) mass is 795 g/mol. The molecule has 2 saturated heterocycles. The number of hydrogen-bond acceptors (Lipinski definition) is 11. The number of nitrogens with one attached hydrogen (secondary N) is 4. The molecule has 3 aromatic heterocycles. The van der Waals surface area contributed by atoms with Gasteiger partial charge in [0.25, 0.3) is 0 Å². The number of fused-ring (bicyclic) bond motifs is 2. The van der Waals surface area contributed by atoms with Gasteiger partial charge in [0.2, 0.25) is 11.8 Å². The van der Waals surface area contributed by atoms with Crippen molar-refractivity contribution in [1.29, 1.82) is 0 Å². The summed E-state index contributed by atoms with van der Waals surface area (Å²) in [5.41, 5.74) is 6.74. The van der Waals surface area contributed by atoms with E-state index in [4.69, 9.17) is 33.9 Å². The van der Waals surface area contributed by atoms with Gasteiger partial charge in [0.1, 0.15) is 23.7 Å². The fourth-order valence-corrected chi connectivity index (χ4v) is 7.84. The van der Waals surface area contributed by atoms with Crippen LogP contribution in [0.15, 0.2) is 54.7 Å². The minimum absolute atomic E-state index is 0.258. The quantitative estimate of drug-likeness (QED) is 0.132. The third-order valence-electron chi connectivity index (χ3n) is 11.2. The van der Waals surface area contributed by atoms with Crippen LogP contribution < -0.4 is 10.6 Å². The first kappa shape index (κ1) is 40.1. The zero-order valence-electron chi connectivity index (χ0n) is 33.4. The Morgan fingerprint density at radius 3 is 1.59 bits per heavy atom. The average Bonchev–Trinajstić information content (AvgIpc) is 4.08. The first-order valence-electron chi connectivity index (χ1n) is 19.3. The number of rotatable bonds is 12. The Hall–Kier alpha value is -6.07. The fraction of sp³-hybridized carbons (Fsp3) is 0.439. The fourth-order valence-electron chi connectivity index (χ4n) is 7.84. The second-order valence-corrected chi connectivity index (χ2v) is 14.6. The summed E-state index contributed by atoms with van der Waals surface area (Å²) in [4.78, 5) is 76.4. The van der Waals surface area contributed by atoms with E-state index < -0.39 is 36.5 Å². The lowest BCUT2D eigenvalue weighted by molar-refractivity contribution is -0.138. The molecule has 2 aromatic carbocycles. The predicted molar refractivity (Wildman–Crippen MR) is 213 cm³/mol. The van der Waals surface area contributed by atoms with Crippen molar-refractivity contribution in [3.05, 3.63) is 66.4 Å². The molecule has 0 bridgehead atoms. The summed E-state index contributed by atoms with van der Waals surface area (Å²) in [6.45, 7) is 4.51. The van der Waals surface area contributed by atoms with Gasteiger partial charge in [-0.25, -0.2) is 19.6 Å². The zero-order valence-corrected chi connectivity index (χ0v) is 33.4. The Labute approximate surface area is 335 Å². The molecule has 5 aromatic rings. The molecule has 4 N–H and O–H groups in total. The first-order chi connectivity index (χ1) is 28.0. The number of aromatic nitrogens is 5. The van der Waals surface area contributed by atoms with E-state index in [9.17, 15) is 19.2 Å². The van der Waals surface area contributed by atoms with E-state index in [0.717, 1.165) is 70.1 Å². The molecule has 0 unspecified atom stereocenters. The third-order valence-corrected chi connectivity index (χ3v) is 11.2. The van der Waals surface area contributed by atoms with Crippen molar-refractivity contribution in [3.8, 4) is 22.4 Å². The topological polar surface area (TPSA) is 206 Å². The molecule has 2 aliphatic rings. The summed E-state index contributed by atoms with van der Waals surface area (Å²) in [5, 5.41) is 5.25. The molecule has 306 valence electrons. The highest BCUT2D eigenvalue weighted by molar-refractivity contribution is 5.88. The first-order valence-corrected chi connectivity index (χ1v) is 19.3. The lowest BCUT2D eigenvalue weighted by atomic mass is 10.0. The van der Waals surface area contributed by atoms with Gasteiger partial charge in [-0.15, -0.1) is 0 Å². The van der Waals surface area contributed by atoms with Crippen molar-refractivity contribution in [2.45, 2.75) is 75.9 Å². The third kappa shape index (κ3) is 8.04. The Morgan fingerprint density at radius 2 is 1.14 bits per heavy atom. The number of carbonyl (C=O) groups excluding carboxylic acids is 4. The summed E-state index contributed by atoms with van der Waals surface area (Å²) < 4.78 is 20.3. The maximum absolute atomic E-state index is 13.7. The second kappa shape index (κ2) is 17.2. The van der Waals surface area contributed by atoms with Crippen LogP contribution in [-0.4, -0.2) is 125 Å². The van der Waals surface area contributed by atoms with Crippen LogP contribution in [0.1, 0.15) is 63.3 Å². The standard InChI is InChI=1S/C41H49N9O8/c1-22(55-3)34(47-40(53)57-5)38(51)49-17-7-9-32(49)36-43-28-15-11-24(19-30(28)45-36)26-13-14-27(42-21-26)25-12-16-29-31(20-25)46-37(44-29)33-10-8-18-50(33)39(52)35(23(2)56-4)48-41(54)58-6/h11-16,19-23,32-35H,7-10,17-18H2,1-6H3,(H,43,45)(H,44,46)(H,47,53)(H,48,54)/t22-,23-,32+,33+,34+,35+/m1/s1. The number of H-pyrrole nitrogens is 2. The Bertz CT molecular complexity index is 2130. The van der Waals surface area contributed by atoms with Crippen LogP contribution in [0.2, 0.25) is 0 Å². The number of likely N-dealkylation sites (tertiary alicyclic amines) is 2. The normalized spacial score (nSPS) is 18.9. The Morgan fingerprint density at radius 1 is 0.672 bits per heavy atom. The number of carbonyl (C=O) groups is 4. The van der Waals surface area contributed by atoms with E-state index in [1.165, 1.54) is 28.4 Å². The van der Waals surface area contributed by atoms with Gasteiger partial charge in [0.15, 0.2) is 0 Å². The van der Waals surface area contributed by atoms with Crippen molar-refractivity contribution >= 4 is 46.1 Å². The van der Waals surface area contributed by atoms with Crippen LogP contribution in [0, 0.1) is 0 Å². The molecule has 4 amide bonds. The number of nitrogens with zero attached hydrogens (tertiary/aromatic N) is 5. The lowest BCUT2D eigenvalue weighted by Crippen LogP contribution is -2.54. The Kier molecular flexibility index (Phi) is 11.9. The van der Waals surface area contributed by atoms with Crippen molar-refractivity contribution in [2.75, 3.05) is 41.5 Å². The number of aromatic amines is 2. The second-order valence-electron chi connectivity index (χ2n) is 14.6.